The highest BCUT2D eigenvalue weighted by Crippen LogP contribution is 2.38. The molecule has 5 nitrogen and oxygen atoms in total. The van der Waals surface area contributed by atoms with Crippen molar-refractivity contribution >= 4 is 21.7 Å². The first kappa shape index (κ1) is 18.0. The number of hydrogen-bond acceptors (Lipinski definition) is 5. The van der Waals surface area contributed by atoms with Crippen LogP contribution in [0.5, 0.6) is 11.5 Å². The molecule has 2 aromatic carbocycles. The van der Waals surface area contributed by atoms with E-state index < -0.39 is 10.1 Å². The van der Waals surface area contributed by atoms with Gasteiger partial charge in [0.25, 0.3) is 0 Å². The number of methoxy groups -OCH3 is 1. The molecule has 0 aromatic heterocycles. The van der Waals surface area contributed by atoms with Crippen LogP contribution in [0.15, 0.2) is 41.3 Å². The zero-order valence-electron chi connectivity index (χ0n) is 14.0. The molecule has 0 saturated heterocycles. The zero-order valence-corrected chi connectivity index (χ0v) is 15.6. The second-order valence-electron chi connectivity index (χ2n) is 5.95. The van der Waals surface area contributed by atoms with E-state index in [1.165, 1.54) is 6.07 Å². The molecule has 0 N–H and O–H groups in total. The van der Waals surface area contributed by atoms with Gasteiger partial charge in [0.2, 0.25) is 0 Å². The summed E-state index contributed by atoms with van der Waals surface area (Å²) in [6.07, 6.45) is 1.35. The van der Waals surface area contributed by atoms with Gasteiger partial charge in [-0.25, -0.2) is 0 Å². The van der Waals surface area contributed by atoms with Gasteiger partial charge in [0, 0.05) is 19.1 Å². The van der Waals surface area contributed by atoms with E-state index in [-0.39, 0.29) is 21.8 Å². The van der Waals surface area contributed by atoms with E-state index in [2.05, 4.69) is 0 Å². The van der Waals surface area contributed by atoms with Crippen LogP contribution in [-0.4, -0.2) is 28.2 Å². The Kier molecular flexibility index (Phi) is 5.22. The van der Waals surface area contributed by atoms with Crippen LogP contribution < -0.4 is 8.92 Å². The van der Waals surface area contributed by atoms with E-state index in [1.54, 1.807) is 25.3 Å². The van der Waals surface area contributed by atoms with Gasteiger partial charge < -0.3 is 13.7 Å². The number of hydrogen-bond donors (Lipinski definition) is 0. The molecule has 1 aliphatic heterocycles. The third-order valence-electron chi connectivity index (χ3n) is 3.93. The molecule has 1 aliphatic rings. The highest BCUT2D eigenvalue weighted by Gasteiger charge is 2.27. The minimum atomic E-state index is -3.97. The van der Waals surface area contributed by atoms with Crippen LogP contribution in [0.3, 0.4) is 0 Å². The van der Waals surface area contributed by atoms with Crippen molar-refractivity contribution in [1.82, 2.24) is 0 Å². The van der Waals surface area contributed by atoms with E-state index in [4.69, 9.17) is 25.3 Å². The summed E-state index contributed by atoms with van der Waals surface area (Å²) in [7, 11) is -2.33. The van der Waals surface area contributed by atoms with Gasteiger partial charge in [-0.1, -0.05) is 23.7 Å². The first-order valence-electron chi connectivity index (χ1n) is 7.90. The standard InChI is InChI=1S/C18H19ClO5S/c1-12-9-14-10-16(11-17(19)18(14)23-12)25(20,21)24-15-5-3-13(4-6-15)7-8-22-2/h3-6,10-12H,7-9H2,1-2H3. The summed E-state index contributed by atoms with van der Waals surface area (Å²) in [6.45, 7) is 2.51. The second kappa shape index (κ2) is 7.23. The summed E-state index contributed by atoms with van der Waals surface area (Å²) in [4.78, 5) is 0.0254. The van der Waals surface area contributed by atoms with Gasteiger partial charge in [0.1, 0.15) is 22.5 Å². The molecule has 0 saturated carbocycles. The number of halogens is 1. The monoisotopic (exact) mass is 382 g/mol. The fourth-order valence-electron chi connectivity index (χ4n) is 2.71. The lowest BCUT2D eigenvalue weighted by Crippen LogP contribution is -2.10. The van der Waals surface area contributed by atoms with Crippen LogP contribution in [0, 0.1) is 0 Å². The molecule has 1 unspecified atom stereocenters. The van der Waals surface area contributed by atoms with Crippen LogP contribution in [0.25, 0.3) is 0 Å². The molecular formula is C18H19ClO5S. The molecule has 0 aliphatic carbocycles. The van der Waals surface area contributed by atoms with E-state index in [0.717, 1.165) is 17.5 Å². The Morgan fingerprint density at radius 3 is 2.64 bits per heavy atom. The Balaban J connectivity index is 1.81. The summed E-state index contributed by atoms with van der Waals surface area (Å²) in [5.74, 6) is 0.804. The molecule has 134 valence electrons. The van der Waals surface area contributed by atoms with Crippen molar-refractivity contribution in [1.29, 1.82) is 0 Å². The van der Waals surface area contributed by atoms with E-state index in [0.29, 0.717) is 18.8 Å². The molecule has 25 heavy (non-hydrogen) atoms. The van der Waals surface area contributed by atoms with Gasteiger partial charge >= 0.3 is 10.1 Å². The van der Waals surface area contributed by atoms with Crippen molar-refractivity contribution in [2.75, 3.05) is 13.7 Å². The van der Waals surface area contributed by atoms with Gasteiger partial charge in [-0.2, -0.15) is 8.42 Å². The van der Waals surface area contributed by atoms with Gasteiger partial charge in [-0.15, -0.1) is 0 Å². The molecule has 7 heteroatoms. The maximum absolute atomic E-state index is 12.6. The molecule has 3 rings (SSSR count). The molecule has 2 aromatic rings. The zero-order chi connectivity index (χ0) is 18.0. The Bertz CT molecular complexity index is 862. The molecule has 0 bridgehead atoms. The number of rotatable bonds is 6. The second-order valence-corrected chi connectivity index (χ2v) is 7.90. The van der Waals surface area contributed by atoms with Crippen LogP contribution in [-0.2, 0) is 27.7 Å². The predicted molar refractivity (Wildman–Crippen MR) is 95.1 cm³/mol. The smallest absolute Gasteiger partial charge is 0.339 e. The van der Waals surface area contributed by atoms with Crippen molar-refractivity contribution in [3.8, 4) is 11.5 Å². The number of ether oxygens (including phenoxy) is 2. The van der Waals surface area contributed by atoms with Crippen molar-refractivity contribution in [2.24, 2.45) is 0 Å². The van der Waals surface area contributed by atoms with Gasteiger partial charge in [-0.3, -0.25) is 0 Å². The quantitative estimate of drug-likeness (QED) is 0.714. The molecule has 1 atom stereocenters. The normalized spacial score (nSPS) is 16.4. The Morgan fingerprint density at radius 2 is 1.96 bits per heavy atom. The van der Waals surface area contributed by atoms with Crippen LogP contribution in [0.2, 0.25) is 5.02 Å². The number of fused-ring (bicyclic) bond motifs is 1. The van der Waals surface area contributed by atoms with E-state index >= 15 is 0 Å². The van der Waals surface area contributed by atoms with Crippen LogP contribution >= 0.6 is 11.6 Å². The average Bonchev–Trinajstić information content (AvgIpc) is 2.95. The summed E-state index contributed by atoms with van der Waals surface area (Å²) in [5.41, 5.74) is 1.82. The molecule has 1 heterocycles. The SMILES string of the molecule is COCCc1ccc(OS(=O)(=O)c2cc(Cl)c3c(c2)CC(C)O3)cc1. The van der Waals surface area contributed by atoms with Crippen molar-refractivity contribution in [3.63, 3.8) is 0 Å². The predicted octanol–water partition coefficient (Wildman–Crippen LogP) is 3.62. The molecule has 0 amide bonds. The van der Waals surface area contributed by atoms with Gasteiger partial charge in [0.05, 0.1) is 11.6 Å². The third kappa shape index (κ3) is 4.08. The first-order valence-corrected chi connectivity index (χ1v) is 9.69. The van der Waals surface area contributed by atoms with Crippen molar-refractivity contribution in [2.45, 2.75) is 30.8 Å². The molecule has 0 radical (unpaired) electrons. The third-order valence-corrected chi connectivity index (χ3v) is 5.44. The van der Waals surface area contributed by atoms with Crippen LogP contribution in [0.4, 0.5) is 0 Å². The highest BCUT2D eigenvalue weighted by atomic mass is 35.5. The lowest BCUT2D eigenvalue weighted by atomic mass is 10.1. The summed E-state index contributed by atoms with van der Waals surface area (Å²) < 4.78 is 40.9. The fourth-order valence-corrected chi connectivity index (χ4v) is 4.07. The maximum Gasteiger partial charge on any atom is 0.339 e. The number of benzene rings is 2. The minimum absolute atomic E-state index is 0.0222. The lowest BCUT2D eigenvalue weighted by Gasteiger charge is -2.10. The molecule has 0 fully saturated rings. The van der Waals surface area contributed by atoms with Gasteiger partial charge in [-0.05, 0) is 43.2 Å². The van der Waals surface area contributed by atoms with Crippen LogP contribution in [0.1, 0.15) is 18.1 Å². The van der Waals surface area contributed by atoms with Crippen molar-refractivity contribution in [3.05, 3.63) is 52.5 Å². The Labute approximate surface area is 152 Å². The minimum Gasteiger partial charge on any atom is -0.489 e. The van der Waals surface area contributed by atoms with E-state index in [1.807, 2.05) is 19.1 Å². The molecular weight excluding hydrogens is 364 g/mol. The Morgan fingerprint density at radius 1 is 1.24 bits per heavy atom. The highest BCUT2D eigenvalue weighted by molar-refractivity contribution is 7.87. The largest absolute Gasteiger partial charge is 0.489 e. The van der Waals surface area contributed by atoms with E-state index in [9.17, 15) is 8.42 Å². The summed E-state index contributed by atoms with van der Waals surface area (Å²) >= 11 is 6.16. The summed E-state index contributed by atoms with van der Waals surface area (Å²) in [6, 6.07) is 9.81. The van der Waals surface area contributed by atoms with Crippen molar-refractivity contribution < 1.29 is 22.1 Å². The first-order chi connectivity index (χ1) is 11.9. The molecule has 0 spiro atoms. The Hall–Kier alpha value is -1.76. The average molecular weight is 383 g/mol. The lowest BCUT2D eigenvalue weighted by molar-refractivity contribution is 0.202. The topological polar surface area (TPSA) is 61.8 Å². The maximum atomic E-state index is 12.6. The van der Waals surface area contributed by atoms with Gasteiger partial charge in [0.15, 0.2) is 0 Å². The fraction of sp³-hybridized carbons (Fsp3) is 0.333. The summed E-state index contributed by atoms with van der Waals surface area (Å²) in [5, 5.41) is 0.277.